The van der Waals surface area contributed by atoms with E-state index in [0.29, 0.717) is 23.7 Å². The Kier molecular flexibility index (Phi) is 10.0. The van der Waals surface area contributed by atoms with Crippen LogP contribution < -0.4 is 5.32 Å². The number of hydrogen-bond acceptors (Lipinski definition) is 3. The maximum absolute atomic E-state index is 16.7. The van der Waals surface area contributed by atoms with Crippen LogP contribution in [-0.2, 0) is 0 Å². The van der Waals surface area contributed by atoms with E-state index in [0.717, 1.165) is 89.2 Å². The molecule has 4 atom stereocenters. The number of likely N-dealkylation sites (tertiary alicyclic amines) is 1. The summed E-state index contributed by atoms with van der Waals surface area (Å²) in [4.78, 5) is 11.9. The van der Waals surface area contributed by atoms with Crippen molar-refractivity contribution in [3.8, 4) is 11.1 Å². The van der Waals surface area contributed by atoms with Crippen molar-refractivity contribution in [2.75, 3.05) is 26.7 Å². The highest BCUT2D eigenvalue weighted by Gasteiger charge is 2.50. The van der Waals surface area contributed by atoms with Gasteiger partial charge in [0.25, 0.3) is 0 Å². The number of allylic oxidation sites excluding steroid dienone is 2. The summed E-state index contributed by atoms with van der Waals surface area (Å²) in [5, 5.41) is 3.61. The lowest BCUT2D eigenvalue weighted by Crippen LogP contribution is -2.31. The smallest absolute Gasteiger partial charge is 0.157 e. The zero-order valence-corrected chi connectivity index (χ0v) is 27.1. The first-order valence-electron chi connectivity index (χ1n) is 16.5. The molecule has 4 nitrogen and oxygen atoms in total. The Labute approximate surface area is 259 Å². The van der Waals surface area contributed by atoms with Gasteiger partial charge in [-0.15, -0.1) is 0 Å². The van der Waals surface area contributed by atoms with Crippen LogP contribution in [0.3, 0.4) is 0 Å². The highest BCUT2D eigenvalue weighted by Crippen LogP contribution is 2.50. The predicted molar refractivity (Wildman–Crippen MR) is 183 cm³/mol. The third-order valence-corrected chi connectivity index (χ3v) is 10.1. The van der Waals surface area contributed by atoms with Crippen LogP contribution in [0.4, 0.5) is 10.1 Å². The Bertz CT molecular complexity index is 1420. The summed E-state index contributed by atoms with van der Waals surface area (Å²) in [6.07, 6.45) is 13.2. The van der Waals surface area contributed by atoms with Gasteiger partial charge >= 0.3 is 0 Å². The van der Waals surface area contributed by atoms with E-state index in [4.69, 9.17) is 4.99 Å². The van der Waals surface area contributed by atoms with Crippen LogP contribution >= 0.6 is 0 Å². The number of benzene rings is 2. The van der Waals surface area contributed by atoms with Gasteiger partial charge in [-0.05, 0) is 117 Å². The first-order valence-corrected chi connectivity index (χ1v) is 16.5. The lowest BCUT2D eigenvalue weighted by Gasteiger charge is -2.23. The molecule has 2 aromatic carbocycles. The summed E-state index contributed by atoms with van der Waals surface area (Å²) in [5.74, 6) is 2.86. The quantitative estimate of drug-likeness (QED) is 0.154. The van der Waals surface area contributed by atoms with Crippen molar-refractivity contribution in [2.24, 2.45) is 27.7 Å². The Morgan fingerprint density at radius 3 is 2.72 bits per heavy atom. The number of hydrogen-bond donors (Lipinski definition) is 1. The second-order valence-corrected chi connectivity index (χ2v) is 13.4. The number of unbranched alkanes of at least 4 members (excludes halogenated alkanes) is 1. The number of rotatable bonds is 12. The van der Waals surface area contributed by atoms with Gasteiger partial charge in [0.15, 0.2) is 5.82 Å². The number of piperidine rings is 1. The standard InChI is InChI=1S/C38H51FN4/c1-8-24(2)13-11-12-17-41-38(42-18-16-33-30-22-29(30)23-43(33)7)32-21-27(5)35(36(39)37(32)40-6)31-20-25(3)19-28-15-10-9-14-26(4)34(28)31/h10,15,19-21,24,29-30,33H,4,6,8-9,11-14,16-18,22-23H2,1-3,5,7H3,(H,41,42)/t24?,29?,30?,33-/m1/s1. The molecule has 0 aromatic heterocycles. The molecule has 1 N–H and O–H groups in total. The van der Waals surface area contributed by atoms with Gasteiger partial charge in [0.05, 0.1) is 0 Å². The van der Waals surface area contributed by atoms with Gasteiger partial charge in [0, 0.05) is 36.8 Å². The van der Waals surface area contributed by atoms with Gasteiger partial charge in [-0.2, -0.15) is 0 Å². The largest absolute Gasteiger partial charge is 0.370 e. The van der Waals surface area contributed by atoms with E-state index in [1.807, 2.05) is 6.92 Å². The first-order chi connectivity index (χ1) is 20.7. The van der Waals surface area contributed by atoms with Crippen LogP contribution in [0.1, 0.15) is 93.0 Å². The lowest BCUT2D eigenvalue weighted by molar-refractivity contribution is 0.259. The molecule has 3 aliphatic rings. The molecule has 2 aliphatic carbocycles. The molecule has 43 heavy (non-hydrogen) atoms. The van der Waals surface area contributed by atoms with Crippen LogP contribution in [-0.4, -0.2) is 50.2 Å². The average molecular weight is 583 g/mol. The fraction of sp³-hybridized carbons (Fsp3) is 0.526. The van der Waals surface area contributed by atoms with E-state index in [2.05, 4.69) is 86.7 Å². The van der Waals surface area contributed by atoms with E-state index in [1.54, 1.807) is 0 Å². The Morgan fingerprint density at radius 1 is 1.19 bits per heavy atom. The molecule has 1 heterocycles. The molecule has 5 rings (SSSR count). The highest BCUT2D eigenvalue weighted by molar-refractivity contribution is 6.05. The third-order valence-electron chi connectivity index (χ3n) is 10.1. The third kappa shape index (κ3) is 6.87. The summed E-state index contributed by atoms with van der Waals surface area (Å²) in [5.41, 5.74) is 7.61. The fourth-order valence-electron chi connectivity index (χ4n) is 7.36. The summed E-state index contributed by atoms with van der Waals surface area (Å²) in [6, 6.07) is 6.93. The maximum atomic E-state index is 16.7. The van der Waals surface area contributed by atoms with E-state index in [-0.39, 0.29) is 11.5 Å². The second kappa shape index (κ2) is 13.7. The molecule has 230 valence electrons. The second-order valence-electron chi connectivity index (χ2n) is 13.4. The Morgan fingerprint density at radius 2 is 2.00 bits per heavy atom. The van der Waals surface area contributed by atoms with Crippen LogP contribution in [0.15, 0.2) is 40.8 Å². The molecule has 0 bridgehead atoms. The van der Waals surface area contributed by atoms with Crippen molar-refractivity contribution in [3.05, 3.63) is 64.5 Å². The lowest BCUT2D eigenvalue weighted by atomic mass is 9.86. The summed E-state index contributed by atoms with van der Waals surface area (Å²) < 4.78 is 16.7. The zero-order valence-electron chi connectivity index (χ0n) is 27.1. The number of nitrogens with one attached hydrogen (secondary N) is 1. The molecular formula is C38H51FN4. The maximum Gasteiger partial charge on any atom is 0.157 e. The van der Waals surface area contributed by atoms with Gasteiger partial charge in [-0.25, -0.2) is 4.39 Å². The van der Waals surface area contributed by atoms with Crippen molar-refractivity contribution in [2.45, 2.75) is 85.1 Å². The average Bonchev–Trinajstić information content (AvgIpc) is 3.70. The molecule has 1 aliphatic heterocycles. The topological polar surface area (TPSA) is 40.0 Å². The number of fused-ring (bicyclic) bond motifs is 2. The molecular weight excluding hydrogens is 531 g/mol. The van der Waals surface area contributed by atoms with Crippen molar-refractivity contribution in [1.29, 1.82) is 0 Å². The Hall–Kier alpha value is -3.05. The van der Waals surface area contributed by atoms with Gasteiger partial charge in [-0.3, -0.25) is 9.98 Å². The van der Waals surface area contributed by atoms with E-state index in [9.17, 15) is 0 Å². The van der Waals surface area contributed by atoms with Gasteiger partial charge in [-0.1, -0.05) is 64.0 Å². The van der Waals surface area contributed by atoms with Crippen molar-refractivity contribution in [3.63, 3.8) is 0 Å². The number of amidine groups is 1. The SMILES string of the molecule is C=Nc1c(/C(=N\CC[C@@H]2C3CC3CN2C)NCCCCC(C)CC)cc(C)c(-c2cc(C)cc3c2C(=C)CCC=C3)c1F. The minimum Gasteiger partial charge on any atom is -0.370 e. The molecule has 0 spiro atoms. The van der Waals surface area contributed by atoms with Gasteiger partial charge in [0.2, 0.25) is 0 Å². The summed E-state index contributed by atoms with van der Waals surface area (Å²) in [7, 11) is 2.24. The Balaban J connectivity index is 1.49. The molecule has 1 saturated carbocycles. The van der Waals surface area contributed by atoms with Crippen molar-refractivity contribution < 1.29 is 4.39 Å². The van der Waals surface area contributed by atoms with Crippen molar-refractivity contribution in [1.82, 2.24) is 10.2 Å². The van der Waals surface area contributed by atoms with Crippen molar-refractivity contribution >= 4 is 29.9 Å². The molecule has 5 heteroatoms. The monoisotopic (exact) mass is 582 g/mol. The highest BCUT2D eigenvalue weighted by atomic mass is 19.1. The van der Waals surface area contributed by atoms with E-state index in [1.165, 1.54) is 32.2 Å². The summed E-state index contributed by atoms with van der Waals surface area (Å²) in [6.45, 7) is 19.6. The molecule has 2 fully saturated rings. The van der Waals surface area contributed by atoms with E-state index < -0.39 is 0 Å². The van der Waals surface area contributed by atoms with Gasteiger partial charge < -0.3 is 10.2 Å². The van der Waals surface area contributed by atoms with Gasteiger partial charge in [0.1, 0.15) is 11.5 Å². The number of nitrogens with zero attached hydrogens (tertiary/aromatic N) is 3. The van der Waals surface area contributed by atoms with Crippen LogP contribution in [0.25, 0.3) is 22.8 Å². The normalized spacial score (nSPS) is 22.2. The molecule has 0 radical (unpaired) electrons. The minimum absolute atomic E-state index is 0.275. The summed E-state index contributed by atoms with van der Waals surface area (Å²) >= 11 is 0. The number of aryl methyl sites for hydroxylation is 2. The van der Waals surface area contributed by atoms with Crippen LogP contribution in [0.5, 0.6) is 0 Å². The first kappa shape index (κ1) is 31.4. The fourth-order valence-corrected chi connectivity index (χ4v) is 7.36. The number of aliphatic imine (C=N–C) groups is 2. The van der Waals surface area contributed by atoms with E-state index >= 15 is 4.39 Å². The minimum atomic E-state index is -0.332. The zero-order chi connectivity index (χ0) is 30.7. The molecule has 2 aromatic rings. The number of halogens is 1. The van der Waals surface area contributed by atoms with Crippen LogP contribution in [0.2, 0.25) is 0 Å². The predicted octanol–water partition coefficient (Wildman–Crippen LogP) is 9.15. The molecule has 0 amide bonds. The molecule has 3 unspecified atom stereocenters. The molecule has 1 saturated heterocycles. The van der Waals surface area contributed by atoms with Crippen LogP contribution in [0, 0.1) is 37.4 Å².